The lowest BCUT2D eigenvalue weighted by Crippen LogP contribution is -2.38. The van der Waals surface area contributed by atoms with Gasteiger partial charge in [-0.15, -0.1) is 0 Å². The van der Waals surface area contributed by atoms with E-state index in [1.807, 2.05) is 13.8 Å². The van der Waals surface area contributed by atoms with Crippen LogP contribution in [0.3, 0.4) is 0 Å². The van der Waals surface area contributed by atoms with E-state index in [-0.39, 0.29) is 23.6 Å². The van der Waals surface area contributed by atoms with Crippen LogP contribution in [0.1, 0.15) is 70.7 Å². The average molecular weight is 547 g/mol. The van der Waals surface area contributed by atoms with E-state index in [0.29, 0.717) is 17.1 Å². The first-order valence-electron chi connectivity index (χ1n) is 13.1. The van der Waals surface area contributed by atoms with Gasteiger partial charge < -0.3 is 20.6 Å². The minimum absolute atomic E-state index is 0.105. The summed E-state index contributed by atoms with van der Waals surface area (Å²) >= 11 is 0. The number of pyridine rings is 1. The Balaban J connectivity index is 1.64. The second-order valence-electron chi connectivity index (χ2n) is 12.6. The number of nitrogens with one attached hydrogen (secondary N) is 2. The Morgan fingerprint density at radius 2 is 1.74 bits per heavy atom. The number of hydrogen-bond acceptors (Lipinski definition) is 7. The lowest BCUT2D eigenvalue weighted by atomic mass is 9.93. The molecule has 1 aliphatic carbocycles. The van der Waals surface area contributed by atoms with E-state index < -0.39 is 37.4 Å². The van der Waals surface area contributed by atoms with Crippen molar-refractivity contribution < 1.29 is 22.7 Å². The van der Waals surface area contributed by atoms with Crippen molar-refractivity contribution in [2.24, 2.45) is 10.8 Å². The van der Waals surface area contributed by atoms with Gasteiger partial charge in [-0.3, -0.25) is 4.79 Å². The highest BCUT2D eigenvalue weighted by Gasteiger charge is 2.45. The molecule has 2 heterocycles. The molecule has 1 aromatic heterocycles. The molecule has 2 aromatic rings. The number of benzene rings is 1. The third kappa shape index (κ3) is 6.46. The number of aliphatic hydroxyl groups excluding tert-OH is 1. The Kier molecular flexibility index (Phi) is 7.53. The number of hydrogen-bond donors (Lipinski definition) is 3. The van der Waals surface area contributed by atoms with Crippen LogP contribution in [-0.2, 0) is 9.84 Å². The van der Waals surface area contributed by atoms with Gasteiger partial charge in [-0.25, -0.2) is 17.8 Å². The maximum Gasteiger partial charge on any atom is 0.259 e. The fourth-order valence-electron chi connectivity index (χ4n) is 4.88. The SMILES string of the molecule is CC(C)(C)CS(=O)(=O)c1cccc(NC(=O)c2ccc(NC(C)(C)CO)nc2N2CCC3(CC2)CC3)c1F. The van der Waals surface area contributed by atoms with Gasteiger partial charge in [0.05, 0.1) is 29.1 Å². The zero-order chi connectivity index (χ0) is 27.9. The summed E-state index contributed by atoms with van der Waals surface area (Å²) in [5.74, 6) is -0.776. The van der Waals surface area contributed by atoms with Crippen LogP contribution in [0.25, 0.3) is 0 Å². The molecule has 0 bridgehead atoms. The van der Waals surface area contributed by atoms with Crippen molar-refractivity contribution >= 4 is 33.1 Å². The predicted molar refractivity (Wildman–Crippen MR) is 148 cm³/mol. The number of rotatable bonds is 8. The highest BCUT2D eigenvalue weighted by Crippen LogP contribution is 2.54. The van der Waals surface area contributed by atoms with Gasteiger partial charge in [0.2, 0.25) is 0 Å². The van der Waals surface area contributed by atoms with Crippen LogP contribution in [0.2, 0.25) is 0 Å². The molecule has 1 aromatic carbocycles. The molecule has 1 spiro atoms. The zero-order valence-electron chi connectivity index (χ0n) is 22.9. The average Bonchev–Trinajstić information content (AvgIpc) is 3.57. The van der Waals surface area contributed by atoms with Gasteiger partial charge in [-0.1, -0.05) is 26.8 Å². The van der Waals surface area contributed by atoms with Gasteiger partial charge in [0, 0.05) is 13.1 Å². The predicted octanol–water partition coefficient (Wildman–Crippen LogP) is 4.86. The number of sulfone groups is 1. The summed E-state index contributed by atoms with van der Waals surface area (Å²) in [5, 5.41) is 15.5. The van der Waals surface area contributed by atoms with Crippen molar-refractivity contribution in [2.45, 2.75) is 70.7 Å². The molecule has 0 radical (unpaired) electrons. The largest absolute Gasteiger partial charge is 0.394 e. The Hall–Kier alpha value is -2.72. The molecule has 2 aliphatic rings. The normalized spacial score (nSPS) is 17.4. The molecule has 4 rings (SSSR count). The fourth-order valence-corrected chi connectivity index (χ4v) is 6.84. The van der Waals surface area contributed by atoms with Crippen molar-refractivity contribution in [3.8, 4) is 0 Å². The summed E-state index contributed by atoms with van der Waals surface area (Å²) in [6.45, 7) is 10.4. The van der Waals surface area contributed by atoms with Crippen molar-refractivity contribution in [2.75, 3.05) is 41.0 Å². The van der Waals surface area contributed by atoms with Crippen molar-refractivity contribution in [1.29, 1.82) is 0 Å². The molecule has 3 N–H and O–H groups in total. The van der Waals surface area contributed by atoms with Gasteiger partial charge in [0.1, 0.15) is 16.5 Å². The highest BCUT2D eigenvalue weighted by molar-refractivity contribution is 7.91. The van der Waals surface area contributed by atoms with E-state index in [1.165, 1.54) is 31.0 Å². The molecule has 1 aliphatic heterocycles. The summed E-state index contributed by atoms with van der Waals surface area (Å²) < 4.78 is 41.2. The molecule has 208 valence electrons. The third-order valence-corrected chi connectivity index (χ3v) is 9.46. The molecule has 2 fully saturated rings. The molecule has 1 saturated heterocycles. The quantitative estimate of drug-likeness (QED) is 0.434. The Morgan fingerprint density at radius 3 is 2.32 bits per heavy atom. The first kappa shape index (κ1) is 28.3. The third-order valence-electron chi connectivity index (χ3n) is 7.23. The molecular formula is C28H39FN4O4S. The molecule has 38 heavy (non-hydrogen) atoms. The number of nitrogens with zero attached hydrogens (tertiary/aromatic N) is 2. The maximum absolute atomic E-state index is 15.4. The van der Waals surface area contributed by atoms with Crippen LogP contribution in [0, 0.1) is 16.6 Å². The lowest BCUT2D eigenvalue weighted by molar-refractivity contribution is 0.102. The monoisotopic (exact) mass is 546 g/mol. The molecule has 10 heteroatoms. The van der Waals surface area contributed by atoms with Gasteiger partial charge in [-0.2, -0.15) is 0 Å². The molecule has 1 saturated carbocycles. The Labute approximate surface area is 225 Å². The number of anilines is 3. The van der Waals surface area contributed by atoms with Crippen molar-refractivity contribution in [1.82, 2.24) is 4.98 Å². The first-order chi connectivity index (χ1) is 17.6. The zero-order valence-corrected chi connectivity index (χ0v) is 23.7. The van der Waals surface area contributed by atoms with E-state index in [4.69, 9.17) is 4.98 Å². The topological polar surface area (TPSA) is 112 Å². The smallest absolute Gasteiger partial charge is 0.259 e. The summed E-state index contributed by atoms with van der Waals surface area (Å²) in [6, 6.07) is 7.30. The molecule has 8 nitrogen and oxygen atoms in total. The van der Waals surface area contributed by atoms with Crippen LogP contribution in [0.4, 0.5) is 21.7 Å². The summed E-state index contributed by atoms with van der Waals surface area (Å²) in [6.07, 6.45) is 4.53. The van der Waals surface area contributed by atoms with Crippen LogP contribution >= 0.6 is 0 Å². The van der Waals surface area contributed by atoms with Crippen molar-refractivity contribution in [3.63, 3.8) is 0 Å². The Morgan fingerprint density at radius 1 is 1.08 bits per heavy atom. The number of carbonyl (C=O) groups is 1. The van der Waals surface area contributed by atoms with E-state index in [9.17, 15) is 18.3 Å². The Bertz CT molecular complexity index is 1310. The number of amides is 1. The van der Waals surface area contributed by atoms with Crippen LogP contribution in [0.15, 0.2) is 35.2 Å². The summed E-state index contributed by atoms with van der Waals surface area (Å²) in [7, 11) is -3.90. The van der Waals surface area contributed by atoms with E-state index >= 15 is 4.39 Å². The first-order valence-corrected chi connectivity index (χ1v) is 14.8. The molecule has 0 atom stereocenters. The second kappa shape index (κ2) is 10.1. The minimum atomic E-state index is -3.90. The highest BCUT2D eigenvalue weighted by atomic mass is 32.2. The molecule has 0 unspecified atom stereocenters. The standard InChI is InChI=1S/C28H39FN4O4S/c1-26(2,3)18-38(36,37)21-8-6-7-20(23(21)29)30-25(35)19-9-10-22(32-27(4,5)17-34)31-24(19)33-15-13-28(11-12-28)14-16-33/h6-10,34H,11-18H2,1-5H3,(H,30,35)(H,31,32). The summed E-state index contributed by atoms with van der Waals surface area (Å²) in [4.78, 5) is 19.8. The number of carbonyl (C=O) groups excluding carboxylic acids is 1. The maximum atomic E-state index is 15.4. The van der Waals surface area contributed by atoms with Crippen LogP contribution < -0.4 is 15.5 Å². The number of aromatic nitrogens is 1. The van der Waals surface area contributed by atoms with Gasteiger partial charge >= 0.3 is 0 Å². The number of halogens is 1. The van der Waals surface area contributed by atoms with Crippen molar-refractivity contribution in [3.05, 3.63) is 41.7 Å². The van der Waals surface area contributed by atoms with Gasteiger partial charge in [0.25, 0.3) is 5.91 Å². The van der Waals surface area contributed by atoms with E-state index in [1.54, 1.807) is 32.9 Å². The van der Waals surface area contributed by atoms with Gasteiger partial charge in [-0.05, 0) is 74.6 Å². The lowest BCUT2D eigenvalue weighted by Gasteiger charge is -2.34. The number of aliphatic hydroxyl groups is 1. The fraction of sp³-hybridized carbons (Fsp3) is 0.571. The van der Waals surface area contributed by atoms with E-state index in [0.717, 1.165) is 25.9 Å². The second-order valence-corrected chi connectivity index (χ2v) is 14.6. The van der Waals surface area contributed by atoms with E-state index in [2.05, 4.69) is 15.5 Å². The van der Waals surface area contributed by atoms with Gasteiger partial charge in [0.15, 0.2) is 15.7 Å². The summed E-state index contributed by atoms with van der Waals surface area (Å²) in [5.41, 5.74) is -0.674. The number of piperidine rings is 1. The van der Waals surface area contributed by atoms with Crippen LogP contribution in [-0.4, -0.2) is 55.4 Å². The molecule has 1 amide bonds. The molecular weight excluding hydrogens is 507 g/mol. The van der Waals surface area contributed by atoms with Crippen LogP contribution in [0.5, 0.6) is 0 Å². The minimum Gasteiger partial charge on any atom is -0.394 e.